The van der Waals surface area contributed by atoms with Gasteiger partial charge in [0, 0.05) is 6.54 Å². The molecule has 0 aliphatic carbocycles. The van der Waals surface area contributed by atoms with Crippen LogP contribution in [-0.2, 0) is 9.53 Å². The topological polar surface area (TPSA) is 62.9 Å². The Bertz CT molecular complexity index is 407. The van der Waals surface area contributed by atoms with Gasteiger partial charge in [-0.25, -0.2) is 0 Å². The van der Waals surface area contributed by atoms with E-state index in [9.17, 15) is 4.79 Å². The Kier molecular flexibility index (Phi) is 4.68. The third kappa shape index (κ3) is 3.07. The van der Waals surface area contributed by atoms with Crippen LogP contribution in [0.1, 0.15) is 16.9 Å². The summed E-state index contributed by atoms with van der Waals surface area (Å²) in [6, 6.07) is 3.81. The van der Waals surface area contributed by atoms with Crippen molar-refractivity contribution in [1.29, 1.82) is 0 Å². The van der Waals surface area contributed by atoms with Crippen molar-refractivity contribution < 1.29 is 19.1 Å². The maximum atomic E-state index is 11.8. The van der Waals surface area contributed by atoms with E-state index in [0.717, 1.165) is 11.5 Å². The molecule has 1 unspecified atom stereocenters. The van der Waals surface area contributed by atoms with Gasteiger partial charge in [-0.1, -0.05) is 0 Å². The Balaban J connectivity index is 1.95. The molecule has 1 aromatic rings. The fraction of sp³-hybridized carbons (Fsp3) is 0.583. The van der Waals surface area contributed by atoms with Crippen molar-refractivity contribution in [2.24, 2.45) is 0 Å². The van der Waals surface area contributed by atoms with E-state index in [0.29, 0.717) is 25.5 Å². The van der Waals surface area contributed by atoms with E-state index in [1.165, 1.54) is 0 Å². The second kappa shape index (κ2) is 6.26. The van der Waals surface area contributed by atoms with Crippen LogP contribution >= 0.6 is 11.8 Å². The number of rotatable bonds is 6. The zero-order chi connectivity index (χ0) is 13.0. The van der Waals surface area contributed by atoms with Gasteiger partial charge in [0.15, 0.2) is 0 Å². The molecule has 1 aromatic heterocycles. The van der Waals surface area contributed by atoms with Gasteiger partial charge in [-0.15, -0.1) is 11.8 Å². The fourth-order valence-electron chi connectivity index (χ4n) is 1.85. The molecule has 18 heavy (non-hydrogen) atoms. The summed E-state index contributed by atoms with van der Waals surface area (Å²) in [4.78, 5) is 13.6. The number of aryl methyl sites for hydroxylation is 1. The van der Waals surface area contributed by atoms with E-state index in [1.54, 1.807) is 16.7 Å². The van der Waals surface area contributed by atoms with Crippen LogP contribution in [0.5, 0.6) is 0 Å². The van der Waals surface area contributed by atoms with Gasteiger partial charge >= 0.3 is 0 Å². The molecule has 2 rings (SSSR count). The van der Waals surface area contributed by atoms with Crippen molar-refractivity contribution in [3.8, 4) is 0 Å². The highest BCUT2D eigenvalue weighted by atomic mass is 32.2. The van der Waals surface area contributed by atoms with Crippen molar-refractivity contribution in [3.63, 3.8) is 0 Å². The Labute approximate surface area is 110 Å². The molecule has 2 heterocycles. The first-order valence-electron chi connectivity index (χ1n) is 5.88. The average molecular weight is 271 g/mol. The molecule has 1 aliphatic rings. The minimum absolute atomic E-state index is 0.00348. The van der Waals surface area contributed by atoms with Gasteiger partial charge < -0.3 is 19.2 Å². The number of amides is 1. The van der Waals surface area contributed by atoms with Crippen LogP contribution in [0.15, 0.2) is 16.5 Å². The lowest BCUT2D eigenvalue weighted by molar-refractivity contribution is -0.129. The summed E-state index contributed by atoms with van der Waals surface area (Å²) >= 11 is 1.57. The Morgan fingerprint density at radius 1 is 1.56 bits per heavy atom. The predicted molar refractivity (Wildman–Crippen MR) is 68.3 cm³/mol. The normalized spacial score (nSPS) is 19.8. The number of furan rings is 1. The van der Waals surface area contributed by atoms with Crippen LogP contribution in [0.3, 0.4) is 0 Å². The van der Waals surface area contributed by atoms with Crippen molar-refractivity contribution in [2.75, 3.05) is 32.1 Å². The van der Waals surface area contributed by atoms with Crippen molar-refractivity contribution in [3.05, 3.63) is 23.7 Å². The summed E-state index contributed by atoms with van der Waals surface area (Å²) in [7, 11) is 0. The summed E-state index contributed by atoms with van der Waals surface area (Å²) in [5.41, 5.74) is 0. The third-order valence-corrected chi connectivity index (χ3v) is 3.90. The number of carbonyl (C=O) groups excluding carboxylic acids is 1. The molecule has 0 bridgehead atoms. The first-order chi connectivity index (χ1) is 8.72. The number of hydrogen-bond donors (Lipinski definition) is 1. The van der Waals surface area contributed by atoms with Gasteiger partial charge in [0.25, 0.3) is 0 Å². The van der Waals surface area contributed by atoms with Crippen LogP contribution in [0.4, 0.5) is 0 Å². The number of aliphatic hydroxyl groups is 1. The van der Waals surface area contributed by atoms with E-state index < -0.39 is 0 Å². The molecule has 100 valence electrons. The molecule has 1 fully saturated rings. The number of aliphatic hydroxyl groups excluding tert-OH is 1. The second-order valence-electron chi connectivity index (χ2n) is 4.03. The summed E-state index contributed by atoms with van der Waals surface area (Å²) < 4.78 is 10.8. The average Bonchev–Trinajstić information content (AvgIpc) is 2.92. The van der Waals surface area contributed by atoms with E-state index in [-0.39, 0.29) is 17.9 Å². The smallest absolute Gasteiger partial charge is 0.234 e. The van der Waals surface area contributed by atoms with E-state index in [2.05, 4.69) is 0 Å². The molecule has 0 aromatic carbocycles. The van der Waals surface area contributed by atoms with E-state index in [1.807, 2.05) is 19.1 Å². The molecule has 1 amide bonds. The number of hydrogen-bond acceptors (Lipinski definition) is 5. The van der Waals surface area contributed by atoms with Crippen LogP contribution < -0.4 is 0 Å². The molecule has 6 heteroatoms. The van der Waals surface area contributed by atoms with E-state index in [4.69, 9.17) is 14.3 Å². The monoisotopic (exact) mass is 271 g/mol. The molecule has 1 aliphatic heterocycles. The summed E-state index contributed by atoms with van der Waals surface area (Å²) in [5, 5.41) is 8.57. The van der Waals surface area contributed by atoms with Crippen LogP contribution in [0.25, 0.3) is 0 Å². The first-order valence-corrected chi connectivity index (χ1v) is 6.93. The minimum Gasteiger partial charge on any atom is -0.463 e. The first kappa shape index (κ1) is 13.5. The number of carbonyl (C=O) groups is 1. The lowest BCUT2D eigenvalue weighted by atomic mass is 10.3. The second-order valence-corrected chi connectivity index (χ2v) is 5.10. The Hall–Kier alpha value is -0.980. The fourth-order valence-corrected chi connectivity index (χ4v) is 3.01. The van der Waals surface area contributed by atoms with Crippen molar-refractivity contribution in [1.82, 2.24) is 4.90 Å². The Morgan fingerprint density at radius 2 is 2.39 bits per heavy atom. The van der Waals surface area contributed by atoms with Gasteiger partial charge in [-0.3, -0.25) is 4.79 Å². The molecular weight excluding hydrogens is 254 g/mol. The molecule has 0 saturated carbocycles. The SMILES string of the molecule is Cc1ccc(C2SCC(=O)N2CCOCCO)o1. The molecule has 1 saturated heterocycles. The van der Waals surface area contributed by atoms with Crippen molar-refractivity contribution in [2.45, 2.75) is 12.3 Å². The van der Waals surface area contributed by atoms with Crippen LogP contribution in [0, 0.1) is 6.92 Å². The van der Waals surface area contributed by atoms with Gasteiger partial charge in [0.1, 0.15) is 16.9 Å². The van der Waals surface area contributed by atoms with E-state index >= 15 is 0 Å². The van der Waals surface area contributed by atoms with Gasteiger partial charge in [-0.05, 0) is 19.1 Å². The van der Waals surface area contributed by atoms with Gasteiger partial charge in [0.05, 0.1) is 25.6 Å². The molecule has 5 nitrogen and oxygen atoms in total. The Morgan fingerprint density at radius 3 is 3.06 bits per heavy atom. The summed E-state index contributed by atoms with van der Waals surface area (Å²) in [5.74, 6) is 2.24. The molecule has 0 spiro atoms. The number of ether oxygens (including phenoxy) is 1. The highest BCUT2D eigenvalue weighted by molar-refractivity contribution is 8.00. The third-order valence-electron chi connectivity index (χ3n) is 2.68. The lowest BCUT2D eigenvalue weighted by Crippen LogP contribution is -2.31. The standard InChI is InChI=1S/C12H17NO4S/c1-9-2-3-10(17-9)12-13(11(15)8-18-12)4-6-16-7-5-14/h2-3,12,14H,4-8H2,1H3. The zero-order valence-corrected chi connectivity index (χ0v) is 11.1. The summed E-state index contributed by atoms with van der Waals surface area (Å²) in [6.07, 6.45) is 0. The van der Waals surface area contributed by atoms with Gasteiger partial charge in [0.2, 0.25) is 5.91 Å². The highest BCUT2D eigenvalue weighted by Gasteiger charge is 2.34. The van der Waals surface area contributed by atoms with Crippen molar-refractivity contribution >= 4 is 17.7 Å². The molecule has 1 atom stereocenters. The maximum absolute atomic E-state index is 11.8. The quantitative estimate of drug-likeness (QED) is 0.787. The molecule has 1 N–H and O–H groups in total. The van der Waals surface area contributed by atoms with Crippen LogP contribution in [-0.4, -0.2) is 48.0 Å². The molecular formula is C12H17NO4S. The van der Waals surface area contributed by atoms with Crippen LogP contribution in [0.2, 0.25) is 0 Å². The van der Waals surface area contributed by atoms with Gasteiger partial charge in [-0.2, -0.15) is 0 Å². The largest absolute Gasteiger partial charge is 0.463 e. The summed E-state index contributed by atoms with van der Waals surface area (Å²) in [6.45, 7) is 3.15. The lowest BCUT2D eigenvalue weighted by Gasteiger charge is -2.22. The highest BCUT2D eigenvalue weighted by Crippen LogP contribution is 2.38. The number of nitrogens with zero attached hydrogens (tertiary/aromatic N) is 1. The number of thioether (sulfide) groups is 1. The maximum Gasteiger partial charge on any atom is 0.234 e. The predicted octanol–water partition coefficient (Wildman–Crippen LogP) is 1.17. The molecule has 0 radical (unpaired) electrons. The zero-order valence-electron chi connectivity index (χ0n) is 10.3. The minimum atomic E-state index is -0.0519.